The second-order valence-corrected chi connectivity index (χ2v) is 14.1. The summed E-state index contributed by atoms with van der Waals surface area (Å²) in [7, 11) is 3.17. The van der Waals surface area contributed by atoms with Crippen molar-refractivity contribution in [1.29, 1.82) is 0 Å². The van der Waals surface area contributed by atoms with E-state index < -0.39 is 54.2 Å². The Balaban J connectivity index is 1.55. The number of carbonyl (C=O) groups excluding carboxylic acids is 4. The van der Waals surface area contributed by atoms with Crippen molar-refractivity contribution in [3.63, 3.8) is 0 Å². The molecule has 0 spiro atoms. The molecule has 0 aromatic carbocycles. The number of halogens is 3. The molecule has 2 saturated heterocycles. The van der Waals surface area contributed by atoms with E-state index in [9.17, 15) is 32.3 Å². The van der Waals surface area contributed by atoms with Crippen LogP contribution < -0.4 is 15.4 Å². The van der Waals surface area contributed by atoms with Crippen LogP contribution in [0.3, 0.4) is 0 Å². The Labute approximate surface area is 262 Å². The number of alkyl halides is 3. The molecule has 252 valence electrons. The number of aryl methyl sites for hydroxylation is 1. The molecular formula is C31H47F3N6O5. The number of nitrogens with zero attached hydrogens (tertiary/aromatic N) is 4. The Morgan fingerprint density at radius 2 is 1.89 bits per heavy atom. The highest BCUT2D eigenvalue weighted by Gasteiger charge is 2.69. The second kappa shape index (κ2) is 12.9. The normalized spacial score (nSPS) is 25.4. The molecule has 3 aliphatic rings. The highest BCUT2D eigenvalue weighted by atomic mass is 19.4. The monoisotopic (exact) mass is 640 g/mol. The summed E-state index contributed by atoms with van der Waals surface area (Å²) in [4.78, 5) is 57.8. The zero-order chi connectivity index (χ0) is 33.6. The Morgan fingerprint density at radius 3 is 2.42 bits per heavy atom. The first-order valence-electron chi connectivity index (χ1n) is 15.7. The number of Topliss-reactive ketones (excluding diaryl/α,β-unsaturated/α-hetero) is 1. The predicted molar refractivity (Wildman–Crippen MR) is 159 cm³/mol. The molecule has 1 aromatic rings. The number of hydrogen-bond acceptors (Lipinski definition) is 7. The lowest BCUT2D eigenvalue weighted by atomic mass is 9.94. The molecule has 3 fully saturated rings. The summed E-state index contributed by atoms with van der Waals surface area (Å²) < 4.78 is 45.7. The van der Waals surface area contributed by atoms with Crippen LogP contribution in [-0.4, -0.2) is 94.0 Å². The third-order valence-electron chi connectivity index (χ3n) is 9.92. The number of likely N-dealkylation sites (N-methyl/N-ethyl adjacent to an activating group) is 1. The summed E-state index contributed by atoms with van der Waals surface area (Å²) in [6, 6.07) is -1.57. The SMILES string of the molecule is CC(C)C[C@@H](C(=O)N1C[C@H]2[C@@H]([C@H]1C(=O)N[C@@H](C[C@@H]1CCNC1=O)C(=O)COc1cc(C(F)(F)F)nn1C)C2(C)C)N(C)C(C)C. The van der Waals surface area contributed by atoms with Crippen LogP contribution in [0, 0.1) is 29.1 Å². The lowest BCUT2D eigenvalue weighted by molar-refractivity contribution is -0.146. The van der Waals surface area contributed by atoms with Crippen molar-refractivity contribution in [3.8, 4) is 5.88 Å². The number of ether oxygens (including phenoxy) is 1. The van der Waals surface area contributed by atoms with Gasteiger partial charge in [0.25, 0.3) is 0 Å². The van der Waals surface area contributed by atoms with Gasteiger partial charge in [0.1, 0.15) is 6.04 Å². The van der Waals surface area contributed by atoms with E-state index in [-0.39, 0.29) is 53.3 Å². The van der Waals surface area contributed by atoms with E-state index in [1.165, 1.54) is 7.05 Å². The topological polar surface area (TPSA) is 126 Å². The summed E-state index contributed by atoms with van der Waals surface area (Å²) in [5, 5.41) is 8.96. The highest BCUT2D eigenvalue weighted by Crippen LogP contribution is 2.65. The molecule has 0 unspecified atom stereocenters. The molecule has 3 amide bonds. The summed E-state index contributed by atoms with van der Waals surface area (Å²) in [6.45, 7) is 12.5. The molecule has 45 heavy (non-hydrogen) atoms. The van der Waals surface area contributed by atoms with Crippen LogP contribution in [0.2, 0.25) is 0 Å². The van der Waals surface area contributed by atoms with Gasteiger partial charge in [0, 0.05) is 38.2 Å². The van der Waals surface area contributed by atoms with Crippen LogP contribution in [0.4, 0.5) is 13.2 Å². The largest absolute Gasteiger partial charge is 0.470 e. The van der Waals surface area contributed by atoms with Gasteiger partial charge in [-0.1, -0.05) is 27.7 Å². The molecule has 1 aromatic heterocycles. The molecule has 6 atom stereocenters. The van der Waals surface area contributed by atoms with E-state index >= 15 is 0 Å². The maximum absolute atomic E-state index is 14.1. The highest BCUT2D eigenvalue weighted by molar-refractivity contribution is 5.95. The zero-order valence-electron chi connectivity index (χ0n) is 27.4. The van der Waals surface area contributed by atoms with E-state index in [1.807, 2.05) is 25.8 Å². The number of hydrogen-bond donors (Lipinski definition) is 2. The van der Waals surface area contributed by atoms with Crippen molar-refractivity contribution in [2.75, 3.05) is 26.7 Å². The van der Waals surface area contributed by atoms with Crippen molar-refractivity contribution >= 4 is 23.5 Å². The molecule has 0 bridgehead atoms. The Kier molecular flexibility index (Phi) is 9.96. The molecule has 3 heterocycles. The summed E-state index contributed by atoms with van der Waals surface area (Å²) >= 11 is 0. The number of aromatic nitrogens is 2. The van der Waals surface area contributed by atoms with Crippen LogP contribution >= 0.6 is 0 Å². The third-order valence-corrected chi connectivity index (χ3v) is 9.92. The first kappa shape index (κ1) is 34.7. The van der Waals surface area contributed by atoms with Crippen LogP contribution in [0.25, 0.3) is 0 Å². The smallest absolute Gasteiger partial charge is 0.435 e. The molecule has 1 aliphatic carbocycles. The minimum atomic E-state index is -4.69. The predicted octanol–water partition coefficient (Wildman–Crippen LogP) is 2.64. The summed E-state index contributed by atoms with van der Waals surface area (Å²) in [6.07, 6.45) is -3.59. The van der Waals surface area contributed by atoms with Crippen molar-refractivity contribution in [2.45, 2.75) is 91.1 Å². The standard InChI is InChI=1S/C31H47F3N6O5/c1-16(2)11-21(38(7)17(3)4)29(44)40-14-19-25(30(19,5)6)26(40)28(43)36-20(12-18-9-10-35-27(18)42)22(41)15-45-24-13-23(31(32,33)34)37-39(24)8/h13,16-21,25-26H,9-12,14-15H2,1-8H3,(H,35,42)(H,36,43)/t18-,19-,20-,21-,25-,26-/m0/s1. The fourth-order valence-corrected chi connectivity index (χ4v) is 6.90. The maximum atomic E-state index is 14.1. The fourth-order valence-electron chi connectivity index (χ4n) is 6.90. The van der Waals surface area contributed by atoms with Gasteiger partial charge in [-0.25, -0.2) is 4.68 Å². The number of ketones is 1. The molecule has 14 heteroatoms. The van der Waals surface area contributed by atoms with Crippen molar-refractivity contribution in [2.24, 2.45) is 36.1 Å². The molecule has 2 N–H and O–H groups in total. The zero-order valence-corrected chi connectivity index (χ0v) is 27.4. The Bertz CT molecular complexity index is 1290. The molecule has 4 rings (SSSR count). The van der Waals surface area contributed by atoms with Crippen molar-refractivity contribution < 1.29 is 37.1 Å². The van der Waals surface area contributed by atoms with Gasteiger partial charge in [-0.05, 0) is 63.3 Å². The minimum absolute atomic E-state index is 0.00315. The first-order valence-corrected chi connectivity index (χ1v) is 15.7. The molecular weight excluding hydrogens is 593 g/mol. The van der Waals surface area contributed by atoms with E-state index in [1.54, 1.807) is 4.90 Å². The van der Waals surface area contributed by atoms with Gasteiger partial charge >= 0.3 is 6.18 Å². The number of nitrogens with one attached hydrogen (secondary N) is 2. The van der Waals surface area contributed by atoms with Crippen LogP contribution in [0.1, 0.15) is 66.5 Å². The maximum Gasteiger partial charge on any atom is 0.435 e. The van der Waals surface area contributed by atoms with E-state index in [2.05, 4.69) is 43.4 Å². The number of likely N-dealkylation sites (tertiary alicyclic amines) is 1. The van der Waals surface area contributed by atoms with Gasteiger partial charge in [-0.3, -0.25) is 24.1 Å². The molecule has 11 nitrogen and oxygen atoms in total. The van der Waals surface area contributed by atoms with Gasteiger partial charge in [0.05, 0.1) is 12.1 Å². The van der Waals surface area contributed by atoms with Crippen LogP contribution in [0.5, 0.6) is 5.88 Å². The van der Waals surface area contributed by atoms with E-state index in [0.29, 0.717) is 32.0 Å². The number of amides is 3. The van der Waals surface area contributed by atoms with Gasteiger partial charge in [-0.15, -0.1) is 0 Å². The number of carbonyl (C=O) groups is 4. The first-order chi connectivity index (χ1) is 20.8. The van der Waals surface area contributed by atoms with Gasteiger partial charge in [0.2, 0.25) is 23.6 Å². The minimum Gasteiger partial charge on any atom is -0.470 e. The molecule has 0 radical (unpaired) electrons. The average Bonchev–Trinajstić information content (AvgIpc) is 3.43. The lowest BCUT2D eigenvalue weighted by Gasteiger charge is -2.38. The number of fused-ring (bicyclic) bond motifs is 1. The van der Waals surface area contributed by atoms with E-state index in [0.717, 1.165) is 4.68 Å². The Hall–Kier alpha value is -3.16. The van der Waals surface area contributed by atoms with Crippen LogP contribution in [-0.2, 0) is 32.4 Å². The van der Waals surface area contributed by atoms with Gasteiger partial charge in [-0.2, -0.15) is 18.3 Å². The number of piperidine rings is 1. The van der Waals surface area contributed by atoms with Gasteiger partial charge < -0.3 is 20.3 Å². The van der Waals surface area contributed by atoms with Crippen LogP contribution in [0.15, 0.2) is 6.07 Å². The van der Waals surface area contributed by atoms with Crippen molar-refractivity contribution in [1.82, 2.24) is 30.2 Å². The summed E-state index contributed by atoms with van der Waals surface area (Å²) in [5.41, 5.74) is -1.33. The number of rotatable bonds is 13. The van der Waals surface area contributed by atoms with Crippen molar-refractivity contribution in [3.05, 3.63) is 11.8 Å². The third kappa shape index (κ3) is 7.30. The fraction of sp³-hybridized carbons (Fsp3) is 0.774. The second-order valence-electron chi connectivity index (χ2n) is 14.1. The average molecular weight is 641 g/mol. The van der Waals surface area contributed by atoms with Gasteiger partial charge in [0.15, 0.2) is 18.1 Å². The Morgan fingerprint density at radius 1 is 1.22 bits per heavy atom. The van der Waals surface area contributed by atoms with E-state index in [4.69, 9.17) is 4.74 Å². The lowest BCUT2D eigenvalue weighted by Crippen LogP contribution is -2.58. The summed E-state index contributed by atoms with van der Waals surface area (Å²) in [5.74, 6) is -1.96. The quantitative estimate of drug-likeness (QED) is 0.340. The molecule has 1 saturated carbocycles. The molecule has 2 aliphatic heterocycles.